The summed E-state index contributed by atoms with van der Waals surface area (Å²) in [7, 11) is 0.284. The van der Waals surface area contributed by atoms with Crippen LogP contribution in [0.2, 0.25) is 0 Å². The third-order valence-electron chi connectivity index (χ3n) is 6.78. The molecule has 0 saturated carbocycles. The Kier molecular flexibility index (Phi) is 7.69. The van der Waals surface area contributed by atoms with Gasteiger partial charge in [-0.3, -0.25) is 0 Å². The van der Waals surface area contributed by atoms with Gasteiger partial charge in [-0.25, -0.2) is 0 Å². The summed E-state index contributed by atoms with van der Waals surface area (Å²) in [4.78, 5) is 0. The van der Waals surface area contributed by atoms with Crippen LogP contribution in [0.4, 0.5) is 0 Å². The predicted molar refractivity (Wildman–Crippen MR) is 157 cm³/mol. The van der Waals surface area contributed by atoms with E-state index in [2.05, 4.69) is 98.7 Å². The molecule has 35 heavy (non-hydrogen) atoms. The molecule has 0 radical (unpaired) electrons. The van der Waals surface area contributed by atoms with Crippen molar-refractivity contribution in [2.45, 2.75) is 122 Å². The van der Waals surface area contributed by atoms with Gasteiger partial charge in [-0.05, 0) is 45.9 Å². The van der Waals surface area contributed by atoms with Gasteiger partial charge >= 0.3 is 0 Å². The van der Waals surface area contributed by atoms with Gasteiger partial charge in [-0.2, -0.15) is 0 Å². The smallest absolute Gasteiger partial charge is 0.130 e. The van der Waals surface area contributed by atoms with Crippen LogP contribution in [0.5, 0.6) is 11.5 Å². The molecule has 0 saturated heterocycles. The zero-order valence-corrected chi connectivity index (χ0v) is 25.3. The second-order valence-corrected chi connectivity index (χ2v) is 19.6. The molecule has 2 heterocycles. The minimum absolute atomic E-state index is 0.180. The number of ether oxygens (including phenoxy) is 2. The Balaban J connectivity index is 1.81. The Morgan fingerprint density at radius 1 is 0.714 bits per heavy atom. The van der Waals surface area contributed by atoms with E-state index in [4.69, 9.17) is 9.47 Å². The molecule has 0 N–H and O–H groups in total. The number of fused-ring (bicyclic) bond motifs is 6. The van der Waals surface area contributed by atoms with Crippen LogP contribution in [0, 0.1) is 0 Å². The predicted octanol–water partition coefficient (Wildman–Crippen LogP) is 7.97. The van der Waals surface area contributed by atoms with Crippen molar-refractivity contribution in [3.8, 4) is 11.5 Å². The van der Waals surface area contributed by atoms with Crippen molar-refractivity contribution >= 4 is 27.1 Å². The Labute approximate surface area is 217 Å². The molecule has 2 aromatic rings. The van der Waals surface area contributed by atoms with E-state index < -0.39 is 7.92 Å². The Morgan fingerprint density at radius 3 is 1.77 bits per heavy atom. The zero-order chi connectivity index (χ0) is 25.6. The Bertz CT molecular complexity index is 1030. The van der Waals surface area contributed by atoms with Gasteiger partial charge in [0.25, 0.3) is 0 Å². The summed E-state index contributed by atoms with van der Waals surface area (Å²) in [6.07, 6.45) is 5.52. The fourth-order valence-corrected chi connectivity index (χ4v) is 11.4. The van der Waals surface area contributed by atoms with Crippen molar-refractivity contribution in [1.29, 1.82) is 0 Å². The summed E-state index contributed by atoms with van der Waals surface area (Å²) >= 11 is 0. The molecular weight excluding hydrogens is 466 g/mol. The maximum Gasteiger partial charge on any atom is 0.130 e. The van der Waals surface area contributed by atoms with Crippen molar-refractivity contribution in [1.82, 2.24) is 0 Å². The van der Waals surface area contributed by atoms with Crippen LogP contribution in [-0.4, -0.2) is 27.7 Å². The van der Waals surface area contributed by atoms with Crippen LogP contribution in [0.3, 0.4) is 0 Å². The van der Waals surface area contributed by atoms with Crippen LogP contribution < -0.4 is 20.1 Å². The molecule has 2 aliphatic rings. The van der Waals surface area contributed by atoms with Gasteiger partial charge < -0.3 is 9.47 Å². The lowest BCUT2D eigenvalue weighted by Crippen LogP contribution is -2.34. The summed E-state index contributed by atoms with van der Waals surface area (Å²) in [5.74, 6) is 2.31. The molecule has 0 aromatic heterocycles. The quantitative estimate of drug-likeness (QED) is 0.380. The van der Waals surface area contributed by atoms with E-state index in [1.54, 1.807) is 0 Å². The van der Waals surface area contributed by atoms with E-state index in [1.165, 1.54) is 27.5 Å². The van der Waals surface area contributed by atoms with Gasteiger partial charge in [-0.1, -0.05) is 115 Å². The summed E-state index contributed by atoms with van der Waals surface area (Å²) in [6, 6.07) is 13.7. The highest BCUT2D eigenvalue weighted by atomic mass is 31.1. The van der Waals surface area contributed by atoms with Gasteiger partial charge in [-0.15, -0.1) is 0 Å². The van der Waals surface area contributed by atoms with Crippen molar-refractivity contribution in [3.63, 3.8) is 0 Å². The average molecular weight is 513 g/mol. The van der Waals surface area contributed by atoms with Crippen LogP contribution in [-0.2, 0) is 12.8 Å². The average Bonchev–Trinajstić information content (AvgIpc) is 2.82. The Morgan fingerprint density at radius 2 is 1.23 bits per heavy atom. The SMILES string of the molecule is CC(C)(C)Pc1cccc2c1O[C@@H]1CCC[C@H](C2)Oc2c(cccc2P(C(C)(C)C)C(C)(C)C)C1. The van der Waals surface area contributed by atoms with Crippen LogP contribution in [0.1, 0.15) is 92.7 Å². The van der Waals surface area contributed by atoms with Crippen molar-refractivity contribution in [2.24, 2.45) is 0 Å². The third-order valence-corrected chi connectivity index (χ3v) is 11.7. The molecule has 0 aliphatic carbocycles. The van der Waals surface area contributed by atoms with E-state index >= 15 is 0 Å². The first-order valence-corrected chi connectivity index (χ1v) is 15.7. The van der Waals surface area contributed by atoms with E-state index in [-0.39, 0.29) is 27.7 Å². The second-order valence-electron chi connectivity index (χ2n) is 13.4. The molecule has 0 fully saturated rings. The number of hydrogen-bond acceptors (Lipinski definition) is 2. The number of para-hydroxylation sites is 2. The molecule has 4 rings (SSSR count). The molecular formula is C31H46O2P2. The van der Waals surface area contributed by atoms with Gasteiger partial charge in [0.2, 0.25) is 0 Å². The normalized spacial score (nSPS) is 21.3. The standard InChI is InChI=1S/C31H46O2P2/c1-29(2,3)34-25-17-10-13-21-19-24-16-12-15-23(32-27(21)25)20-22-14-11-18-26(28(22)33-24)35(30(4,5)6)31(7,8)9/h10-11,13-14,17-18,23-24,34H,12,15-16,19-20H2,1-9H3/t23-,24-/m1/s1. The third kappa shape index (κ3) is 6.43. The first-order chi connectivity index (χ1) is 16.2. The van der Waals surface area contributed by atoms with E-state index in [0.29, 0.717) is 0 Å². The lowest BCUT2D eigenvalue weighted by atomic mass is 10.0. The maximum atomic E-state index is 7.10. The zero-order valence-electron chi connectivity index (χ0n) is 23.4. The second kappa shape index (κ2) is 9.99. The molecule has 0 spiro atoms. The molecule has 4 heteroatoms. The lowest BCUT2D eigenvalue weighted by Gasteiger charge is -2.43. The monoisotopic (exact) mass is 512 g/mol. The number of rotatable bonds is 2. The first-order valence-electron chi connectivity index (χ1n) is 13.4. The van der Waals surface area contributed by atoms with Gasteiger partial charge in [0.1, 0.15) is 23.7 Å². The lowest BCUT2D eigenvalue weighted by molar-refractivity contribution is 0.189. The molecule has 3 atom stereocenters. The molecule has 2 aromatic carbocycles. The van der Waals surface area contributed by atoms with Gasteiger partial charge in [0.15, 0.2) is 0 Å². The van der Waals surface area contributed by atoms with Crippen LogP contribution >= 0.6 is 16.5 Å². The van der Waals surface area contributed by atoms with E-state index in [9.17, 15) is 0 Å². The summed E-state index contributed by atoms with van der Waals surface area (Å²) in [5, 5.41) is 3.45. The Hall–Kier alpha value is -1.10. The highest BCUT2D eigenvalue weighted by Gasteiger charge is 2.39. The summed E-state index contributed by atoms with van der Waals surface area (Å²) in [6.45, 7) is 21.4. The van der Waals surface area contributed by atoms with Crippen LogP contribution in [0.25, 0.3) is 0 Å². The fourth-order valence-electron chi connectivity index (χ4n) is 5.96. The van der Waals surface area contributed by atoms with Crippen molar-refractivity contribution in [3.05, 3.63) is 47.5 Å². The first kappa shape index (κ1) is 26.9. The van der Waals surface area contributed by atoms with E-state index in [1.807, 2.05) is 0 Å². The van der Waals surface area contributed by atoms with Crippen molar-refractivity contribution in [2.75, 3.05) is 0 Å². The number of benzene rings is 2. The summed E-state index contributed by atoms with van der Waals surface area (Å²) in [5.41, 5.74) is 2.66. The van der Waals surface area contributed by atoms with E-state index in [0.717, 1.165) is 46.4 Å². The minimum atomic E-state index is -0.444. The highest BCUT2D eigenvalue weighted by molar-refractivity contribution is 7.68. The molecule has 2 nitrogen and oxygen atoms in total. The fraction of sp³-hybridized carbons (Fsp3) is 0.613. The van der Waals surface area contributed by atoms with Crippen LogP contribution in [0.15, 0.2) is 36.4 Å². The summed E-state index contributed by atoms with van der Waals surface area (Å²) < 4.78 is 14.1. The van der Waals surface area contributed by atoms with Gasteiger partial charge in [0, 0.05) is 23.5 Å². The molecule has 2 aliphatic heterocycles. The van der Waals surface area contributed by atoms with Gasteiger partial charge in [0.05, 0.1) is 0 Å². The highest BCUT2D eigenvalue weighted by Crippen LogP contribution is 2.60. The molecule has 2 bridgehead atoms. The molecule has 0 amide bonds. The minimum Gasteiger partial charge on any atom is -0.489 e. The van der Waals surface area contributed by atoms with Crippen molar-refractivity contribution < 1.29 is 9.47 Å². The molecule has 1 unspecified atom stereocenters. The number of hydrogen-bond donors (Lipinski definition) is 0. The topological polar surface area (TPSA) is 18.5 Å². The maximum absolute atomic E-state index is 7.10. The largest absolute Gasteiger partial charge is 0.489 e. The molecule has 192 valence electrons.